The summed E-state index contributed by atoms with van der Waals surface area (Å²) in [6.07, 6.45) is 6.28. The maximum Gasteiger partial charge on any atom is 0.251 e. The molecule has 0 unspecified atom stereocenters. The van der Waals surface area contributed by atoms with Gasteiger partial charge >= 0.3 is 0 Å². The molecule has 0 saturated heterocycles. The number of ether oxygens (including phenoxy) is 1. The Hall–Kier alpha value is -3.54. The van der Waals surface area contributed by atoms with Gasteiger partial charge in [-0.1, -0.05) is 37.4 Å². The number of rotatable bonds is 7. The van der Waals surface area contributed by atoms with Crippen molar-refractivity contribution in [3.8, 4) is 17.3 Å². The van der Waals surface area contributed by atoms with Crippen LogP contribution in [0.4, 0.5) is 0 Å². The molecule has 0 aliphatic heterocycles. The number of hydrogen-bond acceptors (Lipinski definition) is 5. The number of aromatic nitrogens is 4. The van der Waals surface area contributed by atoms with E-state index in [-0.39, 0.29) is 14.4 Å². The zero-order chi connectivity index (χ0) is 23.7. The highest BCUT2D eigenvalue weighted by Gasteiger charge is 2.40. The minimum atomic E-state index is -0.943. The molecule has 5 rings (SSSR count). The van der Waals surface area contributed by atoms with Crippen molar-refractivity contribution in [1.29, 1.82) is 5.26 Å². The molecule has 1 aliphatic carbocycles. The fourth-order valence-corrected chi connectivity index (χ4v) is 5.19. The van der Waals surface area contributed by atoms with Crippen molar-refractivity contribution in [3.05, 3.63) is 82.7 Å². The fourth-order valence-electron chi connectivity index (χ4n) is 4.64. The summed E-state index contributed by atoms with van der Waals surface area (Å²) in [6.45, 7) is 5.73. The van der Waals surface area contributed by atoms with E-state index in [0.717, 1.165) is 46.1 Å². The molecule has 1 radical (unpaired) electrons. The summed E-state index contributed by atoms with van der Waals surface area (Å²) in [6, 6.07) is 16.8. The van der Waals surface area contributed by atoms with E-state index < -0.39 is 5.54 Å². The van der Waals surface area contributed by atoms with Gasteiger partial charge in [0.1, 0.15) is 24.2 Å². The fraction of sp³-hybridized carbons (Fsp3) is 0.308. The molecule has 3 aromatic heterocycles. The Morgan fingerprint density at radius 2 is 1.88 bits per heavy atom. The molecule has 0 bridgehead atoms. The van der Waals surface area contributed by atoms with E-state index in [4.69, 9.17) is 4.74 Å². The molecular weight excluding hydrogens is 442 g/mol. The van der Waals surface area contributed by atoms with Gasteiger partial charge in [-0.15, -0.1) is 0 Å². The Morgan fingerprint density at radius 1 is 1.12 bits per heavy atom. The Morgan fingerprint density at radius 3 is 2.59 bits per heavy atom. The lowest BCUT2D eigenvalue weighted by Gasteiger charge is -2.24. The predicted molar refractivity (Wildman–Crippen MR) is 133 cm³/mol. The zero-order valence-electron chi connectivity index (χ0n) is 19.4. The summed E-state index contributed by atoms with van der Waals surface area (Å²) in [5.74, 6) is 0. The standard InChI is InChI=1S/C26H26N5O2Si/c1-34(2)12-11-33-18-30-10-9-22-24(28-17-29-25(22)30)21-7-8-23(32)31(15-21)26(16-27)13-19-5-3-4-6-20(19)14-26/h3-10,15,17H,11-14,18H2,1-2H3. The van der Waals surface area contributed by atoms with Crippen molar-refractivity contribution in [2.45, 2.75) is 44.2 Å². The van der Waals surface area contributed by atoms with E-state index in [1.807, 2.05) is 41.1 Å². The summed E-state index contributed by atoms with van der Waals surface area (Å²) < 4.78 is 9.41. The quantitative estimate of drug-likeness (QED) is 0.302. The first-order valence-corrected chi connectivity index (χ1v) is 14.1. The van der Waals surface area contributed by atoms with Crippen molar-refractivity contribution in [3.63, 3.8) is 0 Å². The van der Waals surface area contributed by atoms with E-state index in [9.17, 15) is 10.1 Å². The smallest absolute Gasteiger partial charge is 0.251 e. The molecule has 3 heterocycles. The maximum absolute atomic E-state index is 12.9. The van der Waals surface area contributed by atoms with Crippen LogP contribution in [-0.2, 0) is 29.8 Å². The van der Waals surface area contributed by atoms with Crippen molar-refractivity contribution in [1.82, 2.24) is 19.1 Å². The van der Waals surface area contributed by atoms with E-state index >= 15 is 0 Å². The highest BCUT2D eigenvalue weighted by Crippen LogP contribution is 2.35. The predicted octanol–water partition coefficient (Wildman–Crippen LogP) is 4.01. The average molecular weight is 469 g/mol. The van der Waals surface area contributed by atoms with E-state index in [0.29, 0.717) is 19.6 Å². The van der Waals surface area contributed by atoms with Crippen LogP contribution in [0, 0.1) is 11.3 Å². The monoisotopic (exact) mass is 468 g/mol. The molecule has 0 fully saturated rings. The van der Waals surface area contributed by atoms with Crippen LogP contribution in [0.5, 0.6) is 0 Å². The molecule has 0 amide bonds. The van der Waals surface area contributed by atoms with Crippen LogP contribution in [0.3, 0.4) is 0 Å². The molecular formula is C26H26N5O2Si. The summed E-state index contributed by atoms with van der Waals surface area (Å²) in [4.78, 5) is 21.9. The highest BCUT2D eigenvalue weighted by molar-refractivity contribution is 6.55. The number of hydrogen-bond donors (Lipinski definition) is 0. The van der Waals surface area contributed by atoms with Gasteiger partial charge in [-0.05, 0) is 29.3 Å². The lowest BCUT2D eigenvalue weighted by Crippen LogP contribution is -2.40. The maximum atomic E-state index is 12.9. The molecule has 0 atom stereocenters. The Bertz CT molecular complexity index is 1420. The van der Waals surface area contributed by atoms with E-state index in [2.05, 4.69) is 29.1 Å². The number of nitriles is 1. The van der Waals surface area contributed by atoms with Crippen LogP contribution in [0.2, 0.25) is 19.1 Å². The van der Waals surface area contributed by atoms with Gasteiger partial charge < -0.3 is 9.30 Å². The molecule has 34 heavy (non-hydrogen) atoms. The minimum Gasteiger partial charge on any atom is -0.361 e. The molecule has 0 N–H and O–H groups in total. The topological polar surface area (TPSA) is 85.7 Å². The van der Waals surface area contributed by atoms with E-state index in [1.165, 1.54) is 12.4 Å². The third-order valence-electron chi connectivity index (χ3n) is 6.47. The van der Waals surface area contributed by atoms with Crippen molar-refractivity contribution < 1.29 is 4.74 Å². The lowest BCUT2D eigenvalue weighted by atomic mass is 9.96. The molecule has 7 nitrogen and oxygen atoms in total. The molecule has 8 heteroatoms. The third kappa shape index (κ3) is 3.98. The molecule has 1 aromatic carbocycles. The second-order valence-electron chi connectivity index (χ2n) is 9.13. The second kappa shape index (κ2) is 9.01. The van der Waals surface area contributed by atoms with Gasteiger partial charge in [0.05, 0.1) is 11.8 Å². The number of fused-ring (bicyclic) bond motifs is 2. The van der Waals surface area contributed by atoms with Crippen LogP contribution >= 0.6 is 0 Å². The van der Waals surface area contributed by atoms with Gasteiger partial charge in [0, 0.05) is 57.7 Å². The summed E-state index contributed by atoms with van der Waals surface area (Å²) in [5, 5.41) is 11.1. The Labute approximate surface area is 199 Å². The summed E-state index contributed by atoms with van der Waals surface area (Å²) >= 11 is 0. The summed E-state index contributed by atoms with van der Waals surface area (Å²) in [5.41, 5.74) is 3.38. The minimum absolute atomic E-state index is 0.192. The largest absolute Gasteiger partial charge is 0.361 e. The molecule has 0 spiro atoms. The van der Waals surface area contributed by atoms with Gasteiger partial charge in [0.2, 0.25) is 0 Å². The lowest BCUT2D eigenvalue weighted by molar-refractivity contribution is 0.0902. The molecule has 0 saturated carbocycles. The molecule has 1 aliphatic rings. The third-order valence-corrected chi connectivity index (χ3v) is 7.67. The van der Waals surface area contributed by atoms with Crippen LogP contribution < -0.4 is 5.56 Å². The van der Waals surface area contributed by atoms with Crippen molar-refractivity contribution >= 4 is 19.8 Å². The number of pyridine rings is 1. The summed E-state index contributed by atoms with van der Waals surface area (Å²) in [7, 11) is -0.309. The first kappa shape index (κ1) is 22.3. The first-order valence-electron chi connectivity index (χ1n) is 11.4. The SMILES string of the molecule is C[Si](C)CCOCn1ccc2c(-c3ccc(=O)n(C4(C#N)Cc5ccccc5C4)c3)ncnc21. The van der Waals surface area contributed by atoms with Crippen LogP contribution in [0.1, 0.15) is 11.1 Å². The average Bonchev–Trinajstić information content (AvgIpc) is 3.44. The first-order chi connectivity index (χ1) is 16.5. The van der Waals surface area contributed by atoms with Crippen LogP contribution in [-0.4, -0.2) is 34.5 Å². The zero-order valence-corrected chi connectivity index (χ0v) is 20.4. The highest BCUT2D eigenvalue weighted by atomic mass is 28.3. The van der Waals surface area contributed by atoms with Gasteiger partial charge in [-0.3, -0.25) is 9.36 Å². The van der Waals surface area contributed by atoms with Gasteiger partial charge in [-0.25, -0.2) is 9.97 Å². The Kier molecular flexibility index (Phi) is 5.90. The van der Waals surface area contributed by atoms with Gasteiger partial charge in [-0.2, -0.15) is 5.26 Å². The van der Waals surface area contributed by atoms with Gasteiger partial charge in [0.25, 0.3) is 5.56 Å². The van der Waals surface area contributed by atoms with Gasteiger partial charge in [0.15, 0.2) is 0 Å². The Balaban J connectivity index is 1.50. The normalized spacial score (nSPS) is 14.4. The number of nitrogens with zero attached hydrogens (tertiary/aromatic N) is 5. The van der Waals surface area contributed by atoms with Crippen molar-refractivity contribution in [2.75, 3.05) is 6.61 Å². The number of benzene rings is 1. The van der Waals surface area contributed by atoms with Crippen LogP contribution in [0.15, 0.2) is 66.0 Å². The second-order valence-corrected chi connectivity index (χ2v) is 12.0. The van der Waals surface area contributed by atoms with Crippen LogP contribution in [0.25, 0.3) is 22.3 Å². The van der Waals surface area contributed by atoms with E-state index in [1.54, 1.807) is 16.8 Å². The van der Waals surface area contributed by atoms with Crippen molar-refractivity contribution in [2.24, 2.45) is 0 Å². The molecule has 4 aromatic rings. The molecule has 171 valence electrons.